The molecule has 2 rings (SSSR count). The maximum Gasteiger partial charge on any atom is 0.411 e. The van der Waals surface area contributed by atoms with Gasteiger partial charge in [0.1, 0.15) is 0 Å². The number of nitrogens with one attached hydrogen (secondary N) is 2. The first kappa shape index (κ1) is 13.7. The highest BCUT2D eigenvalue weighted by Crippen LogP contribution is 2.26. The van der Waals surface area contributed by atoms with Crippen molar-refractivity contribution in [2.45, 2.75) is 38.6 Å². The van der Waals surface area contributed by atoms with Crippen LogP contribution in [-0.4, -0.2) is 19.2 Å². The molecule has 0 aliphatic heterocycles. The minimum absolute atomic E-state index is 0.443. The Bertz CT molecular complexity index is 409. The van der Waals surface area contributed by atoms with Crippen LogP contribution in [0.25, 0.3) is 0 Å². The molecule has 4 nitrogen and oxygen atoms in total. The summed E-state index contributed by atoms with van der Waals surface area (Å²) in [6.07, 6.45) is 4.65. The van der Waals surface area contributed by atoms with Crippen LogP contribution < -0.4 is 10.6 Å². The van der Waals surface area contributed by atoms with Crippen molar-refractivity contribution in [3.05, 3.63) is 24.3 Å². The largest absolute Gasteiger partial charge is 0.453 e. The fourth-order valence-electron chi connectivity index (χ4n) is 2.46. The van der Waals surface area contributed by atoms with Gasteiger partial charge in [0.05, 0.1) is 7.11 Å². The lowest BCUT2D eigenvalue weighted by molar-refractivity contribution is 0.187. The smallest absolute Gasteiger partial charge is 0.411 e. The van der Waals surface area contributed by atoms with E-state index in [-0.39, 0.29) is 0 Å². The van der Waals surface area contributed by atoms with Gasteiger partial charge in [0.15, 0.2) is 0 Å². The molecule has 0 bridgehead atoms. The Kier molecular flexibility index (Phi) is 4.66. The zero-order valence-electron chi connectivity index (χ0n) is 11.6. The minimum atomic E-state index is -0.443. The third-order valence-electron chi connectivity index (χ3n) is 3.70. The molecule has 4 heteroatoms. The van der Waals surface area contributed by atoms with Gasteiger partial charge in [0, 0.05) is 17.4 Å². The Morgan fingerprint density at radius 1 is 1.11 bits per heavy atom. The van der Waals surface area contributed by atoms with Crippen LogP contribution in [-0.2, 0) is 4.74 Å². The summed E-state index contributed by atoms with van der Waals surface area (Å²) < 4.78 is 4.55. The van der Waals surface area contributed by atoms with E-state index in [1.54, 1.807) is 0 Å². The van der Waals surface area contributed by atoms with E-state index in [1.165, 1.54) is 32.8 Å². The van der Waals surface area contributed by atoms with Crippen LogP contribution in [0.3, 0.4) is 0 Å². The van der Waals surface area contributed by atoms with Crippen LogP contribution >= 0.6 is 0 Å². The normalized spacial score (nSPS) is 22.6. The summed E-state index contributed by atoms with van der Waals surface area (Å²) in [4.78, 5) is 11.1. The van der Waals surface area contributed by atoms with Crippen LogP contribution in [0.5, 0.6) is 0 Å². The molecule has 1 aromatic rings. The average molecular weight is 262 g/mol. The first-order chi connectivity index (χ1) is 9.17. The second kappa shape index (κ2) is 6.45. The van der Waals surface area contributed by atoms with E-state index < -0.39 is 6.09 Å². The van der Waals surface area contributed by atoms with Crippen molar-refractivity contribution in [2.24, 2.45) is 5.92 Å². The van der Waals surface area contributed by atoms with Crippen LogP contribution in [0.15, 0.2) is 24.3 Å². The van der Waals surface area contributed by atoms with E-state index in [2.05, 4.69) is 22.3 Å². The average Bonchev–Trinajstić information content (AvgIpc) is 2.43. The topological polar surface area (TPSA) is 50.4 Å². The number of methoxy groups -OCH3 is 1. The highest BCUT2D eigenvalue weighted by molar-refractivity contribution is 5.84. The lowest BCUT2D eigenvalue weighted by atomic mass is 9.87. The lowest BCUT2D eigenvalue weighted by Gasteiger charge is -2.27. The molecule has 0 atom stereocenters. The van der Waals surface area contributed by atoms with Crippen molar-refractivity contribution in [3.8, 4) is 0 Å². The van der Waals surface area contributed by atoms with Crippen molar-refractivity contribution in [3.63, 3.8) is 0 Å². The number of rotatable bonds is 3. The van der Waals surface area contributed by atoms with Gasteiger partial charge in [-0.25, -0.2) is 4.79 Å². The van der Waals surface area contributed by atoms with E-state index in [1.807, 2.05) is 24.3 Å². The molecule has 0 heterocycles. The van der Waals surface area contributed by atoms with Gasteiger partial charge in [0.25, 0.3) is 0 Å². The lowest BCUT2D eigenvalue weighted by Crippen LogP contribution is -2.25. The molecule has 0 saturated heterocycles. The third-order valence-corrected chi connectivity index (χ3v) is 3.70. The molecule has 1 saturated carbocycles. The van der Waals surface area contributed by atoms with Crippen molar-refractivity contribution in [1.82, 2.24) is 0 Å². The molecule has 0 radical (unpaired) electrons. The number of ether oxygens (including phenoxy) is 1. The van der Waals surface area contributed by atoms with Crippen molar-refractivity contribution in [1.29, 1.82) is 0 Å². The van der Waals surface area contributed by atoms with E-state index >= 15 is 0 Å². The van der Waals surface area contributed by atoms with Crippen LogP contribution in [0.2, 0.25) is 0 Å². The van der Waals surface area contributed by atoms with Gasteiger partial charge in [-0.3, -0.25) is 5.32 Å². The summed E-state index contributed by atoms with van der Waals surface area (Å²) in [5.74, 6) is 0.865. The monoisotopic (exact) mass is 262 g/mol. The first-order valence-corrected chi connectivity index (χ1v) is 6.89. The molecule has 0 unspecified atom stereocenters. The van der Waals surface area contributed by atoms with Crippen molar-refractivity contribution in [2.75, 3.05) is 17.7 Å². The maximum atomic E-state index is 11.1. The Labute approximate surface area is 114 Å². The number of carbonyl (C=O) groups is 1. The molecule has 19 heavy (non-hydrogen) atoms. The Balaban J connectivity index is 1.86. The minimum Gasteiger partial charge on any atom is -0.453 e. The zero-order chi connectivity index (χ0) is 13.7. The molecule has 1 aliphatic rings. The van der Waals surface area contributed by atoms with Gasteiger partial charge in [-0.1, -0.05) is 6.92 Å². The van der Waals surface area contributed by atoms with Crippen LogP contribution in [0.4, 0.5) is 16.2 Å². The molecule has 1 fully saturated rings. The summed E-state index contributed by atoms with van der Waals surface area (Å²) in [6, 6.07) is 8.32. The maximum absolute atomic E-state index is 11.1. The van der Waals surface area contributed by atoms with Crippen molar-refractivity contribution < 1.29 is 9.53 Å². The number of hydrogen-bond acceptors (Lipinski definition) is 3. The molecule has 0 spiro atoms. The number of amides is 1. The molecule has 0 aromatic heterocycles. The fourth-order valence-corrected chi connectivity index (χ4v) is 2.46. The number of anilines is 2. The van der Waals surface area contributed by atoms with Gasteiger partial charge in [-0.2, -0.15) is 0 Å². The molecule has 1 amide bonds. The SMILES string of the molecule is COC(=O)Nc1ccc(NC2CCC(C)CC2)cc1. The van der Waals surface area contributed by atoms with E-state index in [4.69, 9.17) is 0 Å². The Hall–Kier alpha value is -1.71. The highest BCUT2D eigenvalue weighted by atomic mass is 16.5. The van der Waals surface area contributed by atoms with E-state index in [9.17, 15) is 4.79 Å². The molecule has 104 valence electrons. The number of benzene rings is 1. The molecular weight excluding hydrogens is 240 g/mol. The Morgan fingerprint density at radius 3 is 2.26 bits per heavy atom. The van der Waals surface area contributed by atoms with Crippen LogP contribution in [0, 0.1) is 5.92 Å². The highest BCUT2D eigenvalue weighted by Gasteiger charge is 2.17. The summed E-state index contributed by atoms with van der Waals surface area (Å²) in [7, 11) is 1.36. The molecule has 2 N–H and O–H groups in total. The molecule has 1 aromatic carbocycles. The second-order valence-electron chi connectivity index (χ2n) is 5.30. The number of hydrogen-bond donors (Lipinski definition) is 2. The fraction of sp³-hybridized carbons (Fsp3) is 0.533. The summed E-state index contributed by atoms with van der Waals surface area (Å²) in [5, 5.41) is 6.19. The molecular formula is C15H22N2O2. The zero-order valence-corrected chi connectivity index (χ0v) is 11.6. The van der Waals surface area contributed by atoms with Gasteiger partial charge < -0.3 is 10.1 Å². The molecule has 1 aliphatic carbocycles. The standard InChI is InChI=1S/C15H22N2O2/c1-11-3-5-12(6-4-11)16-13-7-9-14(10-8-13)17-15(18)19-2/h7-12,16H,3-6H2,1-2H3,(H,17,18). The summed E-state index contributed by atoms with van der Waals surface area (Å²) in [5.41, 5.74) is 1.85. The summed E-state index contributed by atoms with van der Waals surface area (Å²) >= 11 is 0. The first-order valence-electron chi connectivity index (χ1n) is 6.89. The van der Waals surface area contributed by atoms with Gasteiger partial charge in [0.2, 0.25) is 0 Å². The predicted octanol–water partition coefficient (Wildman–Crippen LogP) is 3.86. The van der Waals surface area contributed by atoms with Gasteiger partial charge >= 0.3 is 6.09 Å². The summed E-state index contributed by atoms with van der Waals surface area (Å²) in [6.45, 7) is 2.32. The quantitative estimate of drug-likeness (QED) is 0.869. The third kappa shape index (κ3) is 4.16. The van der Waals surface area contributed by atoms with E-state index in [0.29, 0.717) is 6.04 Å². The number of carbonyl (C=O) groups excluding carboxylic acids is 1. The van der Waals surface area contributed by atoms with Gasteiger partial charge in [-0.15, -0.1) is 0 Å². The van der Waals surface area contributed by atoms with Crippen LogP contribution in [0.1, 0.15) is 32.6 Å². The Morgan fingerprint density at radius 2 is 1.68 bits per heavy atom. The van der Waals surface area contributed by atoms with Crippen molar-refractivity contribution >= 4 is 17.5 Å². The van der Waals surface area contributed by atoms with E-state index in [0.717, 1.165) is 17.3 Å². The second-order valence-corrected chi connectivity index (χ2v) is 5.30. The predicted molar refractivity (Wildman–Crippen MR) is 77.5 cm³/mol. The van der Waals surface area contributed by atoms with Gasteiger partial charge in [-0.05, 0) is 55.9 Å².